The van der Waals surface area contributed by atoms with Gasteiger partial charge in [-0.2, -0.15) is 0 Å². The zero-order valence-corrected chi connectivity index (χ0v) is 91.9. The van der Waals surface area contributed by atoms with Gasteiger partial charge in [0.1, 0.15) is 60.7 Å². The van der Waals surface area contributed by atoms with E-state index in [1.807, 2.05) is 54.0 Å². The Morgan fingerprint density at radius 3 is 0.627 bits per heavy atom. The number of rotatable bonds is 35. The first-order valence-electron chi connectivity index (χ1n) is 69.1. The van der Waals surface area contributed by atoms with Crippen molar-refractivity contribution in [3.8, 4) is 57.5 Å². The van der Waals surface area contributed by atoms with Gasteiger partial charge in [0, 0.05) is 190 Å². The second kappa shape index (κ2) is 55.4. The summed E-state index contributed by atoms with van der Waals surface area (Å²) in [6.45, 7) is 19.2. The van der Waals surface area contributed by atoms with Gasteiger partial charge in [0.25, 0.3) is 0 Å². The van der Waals surface area contributed by atoms with Gasteiger partial charge >= 0.3 is 29.8 Å². The molecule has 5 aromatic carbocycles. The zero-order valence-electron chi connectivity index (χ0n) is 125. The average Bonchev–Trinajstić information content (AvgIpc) is 0.735. The number of nitrogens with two attached hydrogens (primary N) is 5. The van der Waals surface area contributed by atoms with Crippen molar-refractivity contribution in [1.82, 2.24) is 24.5 Å². The van der Waals surface area contributed by atoms with Crippen LogP contribution < -0.4 is 76.0 Å². The Morgan fingerprint density at radius 2 is 0.460 bits per heavy atom. The summed E-state index contributed by atoms with van der Waals surface area (Å²) in [7, 11) is 2.64. The highest BCUT2D eigenvalue weighted by atomic mass is 16.6. The monoisotopic (exact) mass is 2120 g/mol. The lowest BCUT2D eigenvalue weighted by Crippen LogP contribution is -2.51. The van der Waals surface area contributed by atoms with Crippen LogP contribution in [-0.2, 0) is 79.8 Å². The van der Waals surface area contributed by atoms with Crippen LogP contribution in [0.3, 0.4) is 0 Å². The van der Waals surface area contributed by atoms with Crippen LogP contribution in [0.5, 0.6) is 57.5 Å². The van der Waals surface area contributed by atoms with E-state index < -0.39 is 200 Å². The molecule has 0 bridgehead atoms. The molecule has 840 valence electrons. The third kappa shape index (κ3) is 30.2. The van der Waals surface area contributed by atoms with E-state index >= 15 is 0 Å². The Hall–Kier alpha value is -8.95. The molecule has 30 heteroatoms. The van der Waals surface area contributed by atoms with E-state index in [0.29, 0.717) is 92.9 Å². The van der Waals surface area contributed by atoms with Gasteiger partial charge in [0.15, 0.2) is 57.5 Å². The van der Waals surface area contributed by atoms with Crippen molar-refractivity contribution in [2.75, 3.05) is 136 Å². The molecule has 0 aliphatic carbocycles. The van der Waals surface area contributed by atoms with E-state index in [2.05, 4.69) is 28.5 Å². The molecule has 24 atom stereocenters. The second-order valence-corrected chi connectivity index (χ2v) is 43.3. The summed E-state index contributed by atoms with van der Waals surface area (Å²) < 4.78 is 349. The highest BCUT2D eigenvalue weighted by Gasteiger charge is 2.50. The highest BCUT2D eigenvalue weighted by Crippen LogP contribution is 2.52. The summed E-state index contributed by atoms with van der Waals surface area (Å²) in [5.41, 5.74) is 39.6. The highest BCUT2D eigenvalue weighted by molar-refractivity contribution is 5.78. The number of carbonyl (C=O) groups excluding carboxylic acids is 5. The fourth-order valence-electron chi connectivity index (χ4n) is 22.1. The van der Waals surface area contributed by atoms with E-state index in [9.17, 15) is 24.0 Å². The van der Waals surface area contributed by atoms with Crippen LogP contribution in [0.1, 0.15) is 333 Å². The van der Waals surface area contributed by atoms with Crippen molar-refractivity contribution in [1.29, 1.82) is 0 Å². The maximum Gasteiger partial charge on any atom is 0.323 e. The molecule has 10 aliphatic rings. The van der Waals surface area contributed by atoms with Gasteiger partial charge in [0.2, 0.25) is 0 Å². The molecule has 0 radical (unpaired) electrons. The minimum atomic E-state index is -2.93. The first-order chi connectivity index (χ1) is 83.9. The molecule has 0 spiro atoms. The van der Waals surface area contributed by atoms with Crippen LogP contribution in [0.15, 0.2) is 60.7 Å². The number of fused-ring (bicyclic) bond motifs is 15. The van der Waals surface area contributed by atoms with E-state index in [1.54, 1.807) is 114 Å². The van der Waals surface area contributed by atoms with Crippen molar-refractivity contribution < 1.29 is 140 Å². The minimum Gasteiger partial charge on any atom is -0.493 e. The van der Waals surface area contributed by atoms with Gasteiger partial charge in [-0.15, -0.1) is 0 Å². The maximum absolute atomic E-state index is 12.9. The molecule has 0 aromatic heterocycles. The van der Waals surface area contributed by atoms with Gasteiger partial charge in [0.05, 0.1) is 83.2 Å². The lowest BCUT2D eigenvalue weighted by molar-refractivity contribution is -0.161. The van der Waals surface area contributed by atoms with Crippen LogP contribution in [0.25, 0.3) is 0 Å². The van der Waals surface area contributed by atoms with Crippen molar-refractivity contribution in [3.05, 3.63) is 116 Å². The normalized spacial score (nSPS) is 30.7. The van der Waals surface area contributed by atoms with Crippen molar-refractivity contribution in [3.63, 3.8) is 0 Å². The summed E-state index contributed by atoms with van der Waals surface area (Å²) in [6.07, 6.45) is -8.92. The van der Waals surface area contributed by atoms with Crippen molar-refractivity contribution in [2.24, 2.45) is 117 Å². The second-order valence-electron chi connectivity index (χ2n) is 43.3. The third-order valence-electron chi connectivity index (χ3n) is 30.7. The standard InChI is InChI=1S/5C24H38N2O4/c5*1-14(2)9-17-13-26-8-7-16-10-21(28-5)22(29-6)11-18(16)19(26)12-20(17)30-24(27)23(25)15(3)4/h5*10-11,14-15,17,19-20,23H,7-9,12-13,25H2,1-6H3/t17-,19-,20-,23+;4*17-,19-,20-,23-/m10000/s1/i5D3;2*1D3,5D3,9D2,14D;2*1D3,9D2,14D/tm;4*14?,17-,19-,20-,23-. The summed E-state index contributed by atoms with van der Waals surface area (Å²) in [4.78, 5) is 74.9. The van der Waals surface area contributed by atoms with E-state index in [-0.39, 0.29) is 158 Å². The SMILES string of the molecule is [2H]C([2H])([2H])C([2H])(C)C([2H])([2H])[C@H]1CN2CCc3cc(OC)c(OC)cc3[C@@H]2C[C@@H]1OC(=O)[C@@H](N)C(C)C.[2H]C([2H])([2H])C([2H])(C)C([2H])([2H])[C@H]1CN2CCc3cc(OC)c(OC)cc3[C@@H]2C[C@@H]1OC(=O)[C@@H](N)C(C)C.[2H]C([2H])([2H])Oc1cc2c(cc1OC)[C@@H]1C[C@H](OC(=O)[C@@H](N)C(C)C)[C@@H](C([2H])([2H])C([2H])(C)C([2H])([2H])[2H])CN1CC2.[2H]C([2H])([2H])Oc1cc2c(cc1OC)[C@@H]1C[C@H](OC(=O)[C@@H](N)C(C)C)[C@@H](C([2H])([2H])C([2H])(C)C([2H])([2H])[2H])CN1CC2.[2H]C([2H])([2H])Oc1cc2c(cc1OC)[C@H]1C[C@@H](OC(=O)[C@@H](N)C(C)C)[C@H](CC(C)C)CN1CC2. The number of hydrogen-bond donors (Lipinski definition) is 5. The molecule has 0 saturated carbocycles. The quantitative estimate of drug-likeness (QED) is 0.0186. The number of piperidine rings is 5. The predicted octanol–water partition coefficient (Wildman–Crippen LogP) is 17.8. The molecule has 10 heterocycles. The largest absolute Gasteiger partial charge is 0.493 e. The Kier molecular flexibility index (Phi) is 30.2. The lowest BCUT2D eigenvalue weighted by atomic mass is 9.79. The van der Waals surface area contributed by atoms with Gasteiger partial charge < -0.3 is 99.7 Å². The molecule has 5 saturated heterocycles. The fraction of sp³-hybridized carbons (Fsp3) is 0.708. The number of methoxy groups -OCH3 is 10. The molecule has 5 aromatic rings. The molecule has 4 unspecified atom stereocenters. The number of esters is 5. The van der Waals surface area contributed by atoms with Crippen LogP contribution in [0, 0.1) is 88.7 Å². The maximum atomic E-state index is 12.9. The van der Waals surface area contributed by atoms with Crippen LogP contribution in [-0.4, -0.2) is 251 Å². The predicted molar refractivity (Wildman–Crippen MR) is 589 cm³/mol. The summed E-state index contributed by atoms with van der Waals surface area (Å²) in [5.74, 6) is -13.8. The van der Waals surface area contributed by atoms with E-state index in [1.165, 1.54) is 21.3 Å². The Morgan fingerprint density at radius 1 is 0.287 bits per heavy atom. The first kappa shape index (κ1) is 81.7. The van der Waals surface area contributed by atoms with Crippen molar-refractivity contribution >= 4 is 29.8 Å². The van der Waals surface area contributed by atoms with Crippen molar-refractivity contribution in [2.45, 2.75) is 325 Å². The van der Waals surface area contributed by atoms with Crippen LogP contribution in [0.4, 0.5) is 0 Å². The minimum absolute atomic E-state index is 0.0115. The Balaban J connectivity index is 0.000000212. The average molecular weight is 2130 g/mol. The molecular formula is C120H190N10O20. The fourth-order valence-corrected chi connectivity index (χ4v) is 22.1. The Bertz CT molecular complexity index is 6380. The molecular weight excluding hydrogens is 1900 g/mol. The molecule has 30 nitrogen and oxygen atoms in total. The number of hydrogen-bond acceptors (Lipinski definition) is 30. The van der Waals surface area contributed by atoms with Crippen LogP contribution >= 0.6 is 0 Å². The van der Waals surface area contributed by atoms with Gasteiger partial charge in [-0.1, -0.05) is 138 Å². The number of ether oxygens (including phenoxy) is 15. The molecule has 150 heavy (non-hydrogen) atoms. The van der Waals surface area contributed by atoms with E-state index in [4.69, 9.17) is 145 Å². The number of carbonyl (C=O) groups is 5. The zero-order chi connectivity index (χ0) is 138. The molecule has 10 N–H and O–H groups in total. The molecule has 10 aliphatic heterocycles. The van der Waals surface area contributed by atoms with Crippen LogP contribution in [0.2, 0.25) is 0 Å². The summed E-state index contributed by atoms with van der Waals surface area (Å²) in [6, 6.07) is 12.5. The molecule has 15 rings (SSSR count). The van der Waals surface area contributed by atoms with Gasteiger partial charge in [-0.05, 0) is 239 Å². The van der Waals surface area contributed by atoms with E-state index in [0.717, 1.165) is 109 Å². The molecule has 5 fully saturated rings. The summed E-state index contributed by atoms with van der Waals surface area (Å²) >= 11 is 0. The summed E-state index contributed by atoms with van der Waals surface area (Å²) in [5, 5.41) is 0. The number of benzene rings is 5. The lowest BCUT2D eigenvalue weighted by Gasteiger charge is -2.47. The molecule has 0 amide bonds. The smallest absolute Gasteiger partial charge is 0.323 e. The van der Waals surface area contributed by atoms with Gasteiger partial charge in [-0.3, -0.25) is 48.5 Å². The van der Waals surface area contributed by atoms with Gasteiger partial charge in [-0.25, -0.2) is 0 Å². The topological polar surface area (TPSA) is 370 Å². The first-order valence-corrected chi connectivity index (χ1v) is 52.6. The third-order valence-corrected chi connectivity index (χ3v) is 30.7. The number of nitrogens with zero attached hydrogens (tertiary/aromatic N) is 5. The Labute approximate surface area is 944 Å².